The second-order valence-corrected chi connectivity index (χ2v) is 4.57. The molecule has 0 saturated heterocycles. The van der Waals surface area contributed by atoms with Gasteiger partial charge in [-0.15, -0.1) is 11.8 Å². The highest BCUT2D eigenvalue weighted by Crippen LogP contribution is 2.36. The molecule has 1 nitrogen and oxygen atoms in total. The van der Waals surface area contributed by atoms with Crippen molar-refractivity contribution in [2.75, 3.05) is 5.75 Å². The summed E-state index contributed by atoms with van der Waals surface area (Å²) >= 11 is 7.83. The van der Waals surface area contributed by atoms with Gasteiger partial charge in [0.2, 0.25) is 0 Å². The topological polar surface area (TPSA) is 17.1 Å². The third-order valence-corrected chi connectivity index (χ3v) is 3.79. The molecule has 0 aromatic heterocycles. The molecule has 1 aromatic carbocycles. The van der Waals surface area contributed by atoms with E-state index in [1.54, 1.807) is 17.8 Å². The van der Waals surface area contributed by atoms with Crippen LogP contribution in [-0.4, -0.2) is 12.0 Å². The van der Waals surface area contributed by atoms with Crippen LogP contribution in [0.3, 0.4) is 0 Å². The van der Waals surface area contributed by atoms with Gasteiger partial charge in [-0.3, -0.25) is 4.79 Å². The zero-order valence-electron chi connectivity index (χ0n) is 7.05. The van der Waals surface area contributed by atoms with E-state index in [0.29, 0.717) is 5.56 Å². The van der Waals surface area contributed by atoms with E-state index < -0.39 is 0 Å². The van der Waals surface area contributed by atoms with Gasteiger partial charge in [0.15, 0.2) is 0 Å². The number of rotatable bonds is 1. The summed E-state index contributed by atoms with van der Waals surface area (Å²) in [6.07, 6.45) is 3.07. The molecule has 1 heterocycles. The Morgan fingerprint density at radius 3 is 3.08 bits per heavy atom. The number of carbonyl (C=O) groups is 1. The molecular formula is C10H9ClOS. The average molecular weight is 213 g/mol. The maximum Gasteiger partial charge on any atom is 0.150 e. The zero-order valence-corrected chi connectivity index (χ0v) is 8.62. The first-order valence-electron chi connectivity index (χ1n) is 4.21. The van der Waals surface area contributed by atoms with Gasteiger partial charge in [-0.1, -0.05) is 11.6 Å². The van der Waals surface area contributed by atoms with Crippen LogP contribution in [0.25, 0.3) is 0 Å². The van der Waals surface area contributed by atoms with E-state index in [2.05, 4.69) is 0 Å². The van der Waals surface area contributed by atoms with Gasteiger partial charge in [-0.2, -0.15) is 0 Å². The van der Waals surface area contributed by atoms with Crippen molar-refractivity contribution in [3.63, 3.8) is 0 Å². The summed E-state index contributed by atoms with van der Waals surface area (Å²) in [4.78, 5) is 11.7. The second-order valence-electron chi connectivity index (χ2n) is 3.06. The second kappa shape index (κ2) is 3.72. The van der Waals surface area contributed by atoms with Gasteiger partial charge in [0.05, 0.1) is 5.02 Å². The fourth-order valence-electron chi connectivity index (χ4n) is 1.53. The summed E-state index contributed by atoms with van der Waals surface area (Å²) < 4.78 is 0. The Kier molecular flexibility index (Phi) is 2.61. The van der Waals surface area contributed by atoms with E-state index in [9.17, 15) is 4.79 Å². The molecule has 0 amide bonds. The number of fused-ring (bicyclic) bond motifs is 1. The van der Waals surface area contributed by atoms with Crippen LogP contribution in [0.5, 0.6) is 0 Å². The molecular weight excluding hydrogens is 204 g/mol. The smallest absolute Gasteiger partial charge is 0.150 e. The summed E-state index contributed by atoms with van der Waals surface area (Å²) in [5.74, 6) is 1.13. The van der Waals surface area contributed by atoms with Crippen LogP contribution in [0, 0.1) is 0 Å². The van der Waals surface area contributed by atoms with E-state index in [1.165, 1.54) is 16.9 Å². The maximum atomic E-state index is 10.6. The number of aldehydes is 1. The molecule has 0 spiro atoms. The molecule has 68 valence electrons. The highest BCUT2D eigenvalue weighted by Gasteiger charge is 2.13. The first-order chi connectivity index (χ1) is 6.31. The molecule has 0 saturated carbocycles. The SMILES string of the molecule is O=Cc1cc(Cl)c2c(c1)CCCS2. The molecule has 0 bridgehead atoms. The minimum Gasteiger partial charge on any atom is -0.298 e. The predicted molar refractivity (Wildman–Crippen MR) is 55.9 cm³/mol. The lowest BCUT2D eigenvalue weighted by molar-refractivity contribution is 0.112. The van der Waals surface area contributed by atoms with Crippen LogP contribution in [0.15, 0.2) is 17.0 Å². The van der Waals surface area contributed by atoms with Gasteiger partial charge in [-0.25, -0.2) is 0 Å². The molecule has 13 heavy (non-hydrogen) atoms. The normalized spacial score (nSPS) is 15.2. The van der Waals surface area contributed by atoms with Crippen molar-refractivity contribution < 1.29 is 4.79 Å². The number of hydrogen-bond donors (Lipinski definition) is 0. The summed E-state index contributed by atoms with van der Waals surface area (Å²) in [6, 6.07) is 3.69. The van der Waals surface area contributed by atoms with Gasteiger partial charge in [0.25, 0.3) is 0 Å². The monoisotopic (exact) mass is 212 g/mol. The Labute approximate surface area is 86.5 Å². The number of carbonyl (C=O) groups excluding carboxylic acids is 1. The van der Waals surface area contributed by atoms with Crippen molar-refractivity contribution in [1.29, 1.82) is 0 Å². The summed E-state index contributed by atoms with van der Waals surface area (Å²) in [6.45, 7) is 0. The van der Waals surface area contributed by atoms with E-state index in [0.717, 1.165) is 23.5 Å². The molecule has 0 unspecified atom stereocenters. The van der Waals surface area contributed by atoms with E-state index in [1.807, 2.05) is 6.07 Å². The van der Waals surface area contributed by atoms with Crippen LogP contribution in [0.4, 0.5) is 0 Å². The standard InChI is InChI=1S/C10H9ClOS/c11-9-5-7(6-12)4-8-2-1-3-13-10(8)9/h4-6H,1-3H2. The van der Waals surface area contributed by atoms with Crippen LogP contribution in [-0.2, 0) is 6.42 Å². The third kappa shape index (κ3) is 1.74. The van der Waals surface area contributed by atoms with Crippen LogP contribution in [0.1, 0.15) is 22.3 Å². The first kappa shape index (κ1) is 9.10. The molecule has 1 aliphatic heterocycles. The predicted octanol–water partition coefficient (Wildman–Crippen LogP) is 3.19. The Morgan fingerprint density at radius 2 is 2.31 bits per heavy atom. The summed E-state index contributed by atoms with van der Waals surface area (Å²) in [5, 5.41) is 0.726. The Bertz CT molecular complexity index is 349. The molecule has 0 fully saturated rings. The summed E-state index contributed by atoms with van der Waals surface area (Å²) in [5.41, 5.74) is 1.91. The maximum absolute atomic E-state index is 10.6. The molecule has 0 radical (unpaired) electrons. The Balaban J connectivity index is 2.52. The van der Waals surface area contributed by atoms with Crippen molar-refractivity contribution in [1.82, 2.24) is 0 Å². The molecule has 2 rings (SSSR count). The molecule has 0 atom stereocenters. The van der Waals surface area contributed by atoms with Crippen molar-refractivity contribution in [3.8, 4) is 0 Å². The first-order valence-corrected chi connectivity index (χ1v) is 5.58. The molecule has 0 N–H and O–H groups in total. The zero-order chi connectivity index (χ0) is 9.26. The Morgan fingerprint density at radius 1 is 1.46 bits per heavy atom. The minimum absolute atomic E-state index is 0.686. The fraction of sp³-hybridized carbons (Fsp3) is 0.300. The van der Waals surface area contributed by atoms with Crippen molar-refractivity contribution in [2.24, 2.45) is 0 Å². The quantitative estimate of drug-likeness (QED) is 0.666. The molecule has 1 aromatic rings. The van der Waals surface area contributed by atoms with Crippen LogP contribution < -0.4 is 0 Å². The van der Waals surface area contributed by atoms with Gasteiger partial charge in [-0.05, 0) is 36.3 Å². The minimum atomic E-state index is 0.686. The molecule has 1 aliphatic rings. The number of halogens is 1. The average Bonchev–Trinajstić information content (AvgIpc) is 2.18. The molecule has 3 heteroatoms. The van der Waals surface area contributed by atoms with Crippen molar-refractivity contribution in [3.05, 3.63) is 28.3 Å². The molecule has 0 aliphatic carbocycles. The number of hydrogen-bond acceptors (Lipinski definition) is 2. The van der Waals surface area contributed by atoms with Gasteiger partial charge in [0.1, 0.15) is 6.29 Å². The summed E-state index contributed by atoms with van der Waals surface area (Å²) in [7, 11) is 0. The highest BCUT2D eigenvalue weighted by molar-refractivity contribution is 7.99. The highest BCUT2D eigenvalue weighted by atomic mass is 35.5. The number of benzene rings is 1. The fourth-order valence-corrected chi connectivity index (χ4v) is 2.97. The third-order valence-electron chi connectivity index (χ3n) is 2.12. The van der Waals surface area contributed by atoms with Crippen LogP contribution >= 0.6 is 23.4 Å². The Hall–Kier alpha value is -0.470. The van der Waals surface area contributed by atoms with Crippen LogP contribution in [0.2, 0.25) is 5.02 Å². The van der Waals surface area contributed by atoms with Gasteiger partial charge < -0.3 is 0 Å². The lowest BCUT2D eigenvalue weighted by Gasteiger charge is -2.16. The van der Waals surface area contributed by atoms with Crippen molar-refractivity contribution in [2.45, 2.75) is 17.7 Å². The van der Waals surface area contributed by atoms with E-state index in [4.69, 9.17) is 11.6 Å². The lowest BCUT2D eigenvalue weighted by Crippen LogP contribution is -2.00. The van der Waals surface area contributed by atoms with E-state index in [-0.39, 0.29) is 0 Å². The largest absolute Gasteiger partial charge is 0.298 e. The van der Waals surface area contributed by atoms with Gasteiger partial charge in [0, 0.05) is 10.5 Å². The van der Waals surface area contributed by atoms with E-state index >= 15 is 0 Å². The van der Waals surface area contributed by atoms with Crippen molar-refractivity contribution >= 4 is 29.6 Å². The number of thioether (sulfide) groups is 1. The van der Waals surface area contributed by atoms with Gasteiger partial charge >= 0.3 is 0 Å². The lowest BCUT2D eigenvalue weighted by atomic mass is 10.1. The number of aryl methyl sites for hydroxylation is 1.